The lowest BCUT2D eigenvalue weighted by molar-refractivity contribution is 0.238. The lowest BCUT2D eigenvalue weighted by atomic mass is 9.93. The van der Waals surface area contributed by atoms with Gasteiger partial charge in [-0.15, -0.1) is 0 Å². The summed E-state index contributed by atoms with van der Waals surface area (Å²) in [5.41, 5.74) is 1.30. The highest BCUT2D eigenvalue weighted by Gasteiger charge is 2.12. The molecule has 3 heteroatoms. The van der Waals surface area contributed by atoms with Crippen molar-refractivity contribution in [1.82, 2.24) is 10.3 Å². The molecule has 0 bridgehead atoms. The fraction of sp³-hybridized carbons (Fsp3) is 0.500. The fourth-order valence-electron chi connectivity index (χ4n) is 2.13. The largest absolute Gasteiger partial charge is 0.477 e. The Bertz CT molecular complexity index is 587. The molecule has 0 atom stereocenters. The molecule has 0 amide bonds. The standard InChI is InChI=1S/C18H26N2O/c1-5-19-13-15-12-14-8-6-7-9-16(14)17(20-15)21-11-10-18(2,3)4/h6-9,12,19H,5,10-11,13H2,1-4H3. The second-order valence-corrected chi connectivity index (χ2v) is 6.58. The van der Waals surface area contributed by atoms with Crippen LogP contribution in [0.4, 0.5) is 0 Å². The van der Waals surface area contributed by atoms with Crippen LogP contribution in [-0.2, 0) is 6.54 Å². The van der Waals surface area contributed by atoms with E-state index in [1.165, 1.54) is 5.39 Å². The maximum atomic E-state index is 5.98. The number of fused-ring (bicyclic) bond motifs is 1. The van der Waals surface area contributed by atoms with Gasteiger partial charge in [0.1, 0.15) is 0 Å². The molecule has 0 fully saturated rings. The molecule has 2 rings (SSSR count). The van der Waals surface area contributed by atoms with Crippen molar-refractivity contribution in [2.75, 3.05) is 13.2 Å². The van der Waals surface area contributed by atoms with E-state index in [0.717, 1.165) is 36.5 Å². The van der Waals surface area contributed by atoms with E-state index < -0.39 is 0 Å². The summed E-state index contributed by atoms with van der Waals surface area (Å²) in [4.78, 5) is 4.67. The Labute approximate surface area is 127 Å². The van der Waals surface area contributed by atoms with Gasteiger partial charge in [0.2, 0.25) is 5.88 Å². The summed E-state index contributed by atoms with van der Waals surface area (Å²) in [6.07, 6.45) is 1.01. The maximum Gasteiger partial charge on any atom is 0.221 e. The number of benzene rings is 1. The van der Waals surface area contributed by atoms with Gasteiger partial charge in [-0.3, -0.25) is 0 Å². The van der Waals surface area contributed by atoms with Gasteiger partial charge < -0.3 is 10.1 Å². The topological polar surface area (TPSA) is 34.1 Å². The van der Waals surface area contributed by atoms with Crippen molar-refractivity contribution < 1.29 is 4.74 Å². The summed E-state index contributed by atoms with van der Waals surface area (Å²) in [7, 11) is 0. The van der Waals surface area contributed by atoms with Crippen molar-refractivity contribution in [3.8, 4) is 5.88 Å². The monoisotopic (exact) mass is 286 g/mol. The summed E-state index contributed by atoms with van der Waals surface area (Å²) in [5.74, 6) is 0.755. The van der Waals surface area contributed by atoms with E-state index in [2.05, 4.69) is 62.3 Å². The van der Waals surface area contributed by atoms with E-state index in [-0.39, 0.29) is 5.41 Å². The predicted octanol–water partition coefficient (Wildman–Crippen LogP) is 4.16. The highest BCUT2D eigenvalue weighted by atomic mass is 16.5. The molecule has 0 aliphatic carbocycles. The Balaban J connectivity index is 2.22. The first-order valence-electron chi connectivity index (χ1n) is 7.72. The van der Waals surface area contributed by atoms with Gasteiger partial charge in [-0.1, -0.05) is 45.9 Å². The Morgan fingerprint density at radius 1 is 1.19 bits per heavy atom. The van der Waals surface area contributed by atoms with Crippen molar-refractivity contribution >= 4 is 10.8 Å². The van der Waals surface area contributed by atoms with Gasteiger partial charge in [0.05, 0.1) is 12.3 Å². The quantitative estimate of drug-likeness (QED) is 0.866. The molecule has 0 saturated carbocycles. The van der Waals surface area contributed by atoms with Crippen molar-refractivity contribution in [2.45, 2.75) is 40.7 Å². The zero-order valence-electron chi connectivity index (χ0n) is 13.6. The van der Waals surface area contributed by atoms with Crippen LogP contribution in [0, 0.1) is 5.41 Å². The molecule has 0 radical (unpaired) electrons. The van der Waals surface area contributed by atoms with Gasteiger partial charge >= 0.3 is 0 Å². The smallest absolute Gasteiger partial charge is 0.221 e. The van der Waals surface area contributed by atoms with E-state index in [4.69, 9.17) is 4.74 Å². The molecule has 0 saturated heterocycles. The summed E-state index contributed by atoms with van der Waals surface area (Å²) >= 11 is 0. The average Bonchev–Trinajstić information content (AvgIpc) is 2.43. The summed E-state index contributed by atoms with van der Waals surface area (Å²) in [6.45, 7) is 11.2. The van der Waals surface area contributed by atoms with Crippen LogP contribution in [0.25, 0.3) is 10.8 Å². The molecule has 2 aromatic rings. The summed E-state index contributed by atoms with van der Waals surface area (Å²) < 4.78 is 5.98. The molecule has 1 heterocycles. The van der Waals surface area contributed by atoms with Crippen molar-refractivity contribution in [1.29, 1.82) is 0 Å². The van der Waals surface area contributed by atoms with Crippen LogP contribution in [0.3, 0.4) is 0 Å². The van der Waals surface area contributed by atoms with Crippen molar-refractivity contribution in [3.05, 3.63) is 36.0 Å². The van der Waals surface area contributed by atoms with Gasteiger partial charge in [-0.25, -0.2) is 4.98 Å². The van der Waals surface area contributed by atoms with E-state index >= 15 is 0 Å². The number of nitrogens with one attached hydrogen (secondary N) is 1. The van der Waals surface area contributed by atoms with Crippen molar-refractivity contribution in [2.24, 2.45) is 5.41 Å². The third-order valence-electron chi connectivity index (χ3n) is 3.41. The minimum Gasteiger partial charge on any atom is -0.477 e. The van der Waals surface area contributed by atoms with Gasteiger partial charge in [0.25, 0.3) is 0 Å². The molecule has 0 aliphatic rings. The van der Waals surface area contributed by atoms with Gasteiger partial charge in [0.15, 0.2) is 0 Å². The van der Waals surface area contributed by atoms with Gasteiger partial charge in [-0.2, -0.15) is 0 Å². The van der Waals surface area contributed by atoms with Crippen LogP contribution in [0.5, 0.6) is 5.88 Å². The predicted molar refractivity (Wildman–Crippen MR) is 88.7 cm³/mol. The Morgan fingerprint density at radius 2 is 1.95 bits per heavy atom. The van der Waals surface area contributed by atoms with Crippen molar-refractivity contribution in [3.63, 3.8) is 0 Å². The van der Waals surface area contributed by atoms with Crippen LogP contribution in [-0.4, -0.2) is 18.1 Å². The minimum atomic E-state index is 0.275. The first-order chi connectivity index (χ1) is 9.99. The number of hydrogen-bond acceptors (Lipinski definition) is 3. The third kappa shape index (κ3) is 4.71. The average molecular weight is 286 g/mol. The number of rotatable bonds is 6. The normalized spacial score (nSPS) is 11.8. The first kappa shape index (κ1) is 15.8. The molecule has 0 aliphatic heterocycles. The molecular weight excluding hydrogens is 260 g/mol. The lowest BCUT2D eigenvalue weighted by Crippen LogP contribution is -2.14. The molecule has 1 aromatic heterocycles. The van der Waals surface area contributed by atoms with Crippen LogP contribution in [0.1, 0.15) is 39.8 Å². The van der Waals surface area contributed by atoms with Crippen LogP contribution in [0.15, 0.2) is 30.3 Å². The van der Waals surface area contributed by atoms with Gasteiger partial charge in [-0.05, 0) is 35.9 Å². The molecule has 0 spiro atoms. The molecule has 21 heavy (non-hydrogen) atoms. The number of pyridine rings is 1. The SMILES string of the molecule is CCNCc1cc2ccccc2c(OCCC(C)(C)C)n1. The van der Waals surface area contributed by atoms with E-state index in [0.29, 0.717) is 6.61 Å². The van der Waals surface area contributed by atoms with Crippen LogP contribution >= 0.6 is 0 Å². The summed E-state index contributed by atoms with van der Waals surface area (Å²) in [5, 5.41) is 5.59. The molecule has 1 aromatic carbocycles. The van der Waals surface area contributed by atoms with Gasteiger partial charge in [0, 0.05) is 11.9 Å². The second kappa shape index (κ2) is 6.90. The first-order valence-corrected chi connectivity index (χ1v) is 7.72. The Kier molecular flexibility index (Phi) is 5.18. The van der Waals surface area contributed by atoms with E-state index in [1.807, 2.05) is 6.07 Å². The number of ether oxygens (including phenoxy) is 1. The number of hydrogen-bond donors (Lipinski definition) is 1. The molecule has 0 unspecified atom stereocenters. The van der Waals surface area contributed by atoms with Crippen LogP contribution in [0.2, 0.25) is 0 Å². The lowest BCUT2D eigenvalue weighted by Gasteiger charge is -2.18. The molecule has 1 N–H and O–H groups in total. The maximum absolute atomic E-state index is 5.98. The van der Waals surface area contributed by atoms with Crippen LogP contribution < -0.4 is 10.1 Å². The summed E-state index contributed by atoms with van der Waals surface area (Å²) in [6, 6.07) is 10.4. The molecular formula is C18H26N2O. The molecule has 114 valence electrons. The number of aromatic nitrogens is 1. The zero-order chi connectivity index (χ0) is 15.3. The third-order valence-corrected chi connectivity index (χ3v) is 3.41. The van der Waals surface area contributed by atoms with E-state index in [9.17, 15) is 0 Å². The fourth-order valence-corrected chi connectivity index (χ4v) is 2.13. The Morgan fingerprint density at radius 3 is 2.67 bits per heavy atom. The molecule has 3 nitrogen and oxygen atoms in total. The second-order valence-electron chi connectivity index (χ2n) is 6.58. The minimum absolute atomic E-state index is 0.275. The highest BCUT2D eigenvalue weighted by Crippen LogP contribution is 2.26. The number of nitrogens with zero attached hydrogens (tertiary/aromatic N) is 1. The Hall–Kier alpha value is -1.61. The van der Waals surface area contributed by atoms with E-state index in [1.54, 1.807) is 0 Å². The highest BCUT2D eigenvalue weighted by molar-refractivity contribution is 5.87. The zero-order valence-corrected chi connectivity index (χ0v) is 13.6.